The molecule has 116 valence electrons. The fourth-order valence-electron chi connectivity index (χ4n) is 2.44. The van der Waals surface area contributed by atoms with Gasteiger partial charge in [-0.25, -0.2) is 4.98 Å². The molecule has 1 aliphatic rings. The Labute approximate surface area is 125 Å². The Balaban J connectivity index is 2.01. The minimum atomic E-state index is -0.409. The Bertz CT molecular complexity index is 519. The normalized spacial score (nSPS) is 19.3. The summed E-state index contributed by atoms with van der Waals surface area (Å²) >= 11 is 0. The highest BCUT2D eigenvalue weighted by molar-refractivity contribution is 5.81. The smallest absolute Gasteiger partial charge is 0.250 e. The number of carbonyl (C=O) groups is 1. The van der Waals surface area contributed by atoms with E-state index in [1.54, 1.807) is 7.11 Å². The number of methoxy groups -OCH3 is 1. The number of hydrogen-bond donors (Lipinski definition) is 1. The summed E-state index contributed by atoms with van der Waals surface area (Å²) in [4.78, 5) is 18.6. The van der Waals surface area contributed by atoms with Gasteiger partial charge in [0.2, 0.25) is 5.88 Å². The Kier molecular flexibility index (Phi) is 5.14. The summed E-state index contributed by atoms with van der Waals surface area (Å²) in [5.41, 5.74) is 2.86. The number of nitrogens with zero attached hydrogens (tertiary/aromatic N) is 2. The average molecular weight is 293 g/mol. The van der Waals surface area contributed by atoms with Crippen LogP contribution in [0.3, 0.4) is 0 Å². The Morgan fingerprint density at radius 2 is 2.33 bits per heavy atom. The molecular weight excluding hydrogens is 270 g/mol. The van der Waals surface area contributed by atoms with Crippen LogP contribution in [-0.4, -0.2) is 55.7 Å². The third kappa shape index (κ3) is 3.92. The van der Waals surface area contributed by atoms with Crippen LogP contribution in [0.4, 0.5) is 0 Å². The molecule has 1 aliphatic heterocycles. The van der Waals surface area contributed by atoms with Crippen LogP contribution in [0.25, 0.3) is 0 Å². The minimum absolute atomic E-state index is 0.0939. The molecule has 0 spiro atoms. The van der Waals surface area contributed by atoms with Crippen LogP contribution in [0.2, 0.25) is 0 Å². The van der Waals surface area contributed by atoms with Crippen LogP contribution in [0, 0.1) is 13.8 Å². The maximum Gasteiger partial charge on any atom is 0.250 e. The van der Waals surface area contributed by atoms with Gasteiger partial charge >= 0.3 is 0 Å². The van der Waals surface area contributed by atoms with Crippen LogP contribution in [0.1, 0.15) is 16.8 Å². The zero-order valence-corrected chi connectivity index (χ0v) is 13.1. The van der Waals surface area contributed by atoms with Crippen molar-refractivity contribution in [2.24, 2.45) is 0 Å². The van der Waals surface area contributed by atoms with E-state index in [2.05, 4.69) is 15.2 Å². The molecule has 0 saturated carbocycles. The molecule has 2 heterocycles. The largest absolute Gasteiger partial charge is 0.481 e. The standard InChI is InChI=1S/C15H23N3O3/c1-10-7-11(2)17-15(20-4)12(10)8-16-14(19)13-9-18(3)5-6-21-13/h7,13H,5-6,8-9H2,1-4H3,(H,16,19)/t13-/m0/s1. The van der Waals surface area contributed by atoms with E-state index in [1.807, 2.05) is 27.0 Å². The molecular formula is C15H23N3O3. The van der Waals surface area contributed by atoms with Gasteiger partial charge in [-0.05, 0) is 32.5 Å². The van der Waals surface area contributed by atoms with Crippen molar-refractivity contribution in [2.75, 3.05) is 33.9 Å². The third-order valence-corrected chi connectivity index (χ3v) is 3.63. The molecule has 0 radical (unpaired) electrons. The molecule has 1 aromatic rings. The van der Waals surface area contributed by atoms with Gasteiger partial charge in [-0.15, -0.1) is 0 Å². The quantitative estimate of drug-likeness (QED) is 0.883. The lowest BCUT2D eigenvalue weighted by atomic mass is 10.1. The first-order valence-corrected chi connectivity index (χ1v) is 7.10. The molecule has 1 N–H and O–H groups in total. The highest BCUT2D eigenvalue weighted by atomic mass is 16.5. The number of amides is 1. The molecule has 21 heavy (non-hydrogen) atoms. The molecule has 2 rings (SSSR count). The SMILES string of the molecule is COc1nc(C)cc(C)c1CNC(=O)[C@@H]1CN(C)CCO1. The topological polar surface area (TPSA) is 63.7 Å². The van der Waals surface area contributed by atoms with Crippen molar-refractivity contribution in [3.63, 3.8) is 0 Å². The van der Waals surface area contributed by atoms with Gasteiger partial charge in [0.15, 0.2) is 0 Å². The Hall–Kier alpha value is -1.66. The molecule has 1 amide bonds. The average Bonchev–Trinajstić information content (AvgIpc) is 2.45. The number of nitrogens with one attached hydrogen (secondary N) is 1. The highest BCUT2D eigenvalue weighted by Crippen LogP contribution is 2.20. The molecule has 0 bridgehead atoms. The van der Waals surface area contributed by atoms with E-state index in [0.717, 1.165) is 23.4 Å². The van der Waals surface area contributed by atoms with Crippen LogP contribution >= 0.6 is 0 Å². The van der Waals surface area contributed by atoms with E-state index in [4.69, 9.17) is 9.47 Å². The van der Waals surface area contributed by atoms with E-state index in [9.17, 15) is 4.79 Å². The predicted octanol–water partition coefficient (Wildman–Crippen LogP) is 0.654. The lowest BCUT2D eigenvalue weighted by molar-refractivity contribution is -0.138. The van der Waals surface area contributed by atoms with Gasteiger partial charge in [-0.3, -0.25) is 4.79 Å². The summed E-state index contributed by atoms with van der Waals surface area (Å²) in [5, 5.41) is 2.91. The second-order valence-electron chi connectivity index (χ2n) is 5.41. The zero-order chi connectivity index (χ0) is 15.4. The summed E-state index contributed by atoms with van der Waals surface area (Å²) in [6, 6.07) is 1.98. The maximum absolute atomic E-state index is 12.2. The number of aromatic nitrogens is 1. The monoisotopic (exact) mass is 293 g/mol. The maximum atomic E-state index is 12.2. The van der Waals surface area contributed by atoms with Crippen LogP contribution in [-0.2, 0) is 16.1 Å². The van der Waals surface area contributed by atoms with Crippen molar-refractivity contribution < 1.29 is 14.3 Å². The predicted molar refractivity (Wildman–Crippen MR) is 79.3 cm³/mol. The molecule has 1 fully saturated rings. The van der Waals surface area contributed by atoms with Gasteiger partial charge in [0, 0.05) is 30.9 Å². The van der Waals surface area contributed by atoms with Gasteiger partial charge < -0.3 is 19.7 Å². The molecule has 1 atom stereocenters. The van der Waals surface area contributed by atoms with Crippen molar-refractivity contribution in [1.82, 2.24) is 15.2 Å². The van der Waals surface area contributed by atoms with Gasteiger partial charge in [-0.2, -0.15) is 0 Å². The number of ether oxygens (including phenoxy) is 2. The molecule has 0 unspecified atom stereocenters. The van der Waals surface area contributed by atoms with Crippen LogP contribution < -0.4 is 10.1 Å². The molecule has 0 aliphatic carbocycles. The fourth-order valence-corrected chi connectivity index (χ4v) is 2.44. The van der Waals surface area contributed by atoms with E-state index >= 15 is 0 Å². The summed E-state index contributed by atoms with van der Waals surface area (Å²) in [5.74, 6) is 0.470. The highest BCUT2D eigenvalue weighted by Gasteiger charge is 2.25. The number of likely N-dealkylation sites (N-methyl/N-ethyl adjacent to an activating group) is 1. The number of carbonyl (C=O) groups excluding carboxylic acids is 1. The first-order chi connectivity index (χ1) is 10.0. The van der Waals surface area contributed by atoms with Crippen molar-refractivity contribution in [3.8, 4) is 5.88 Å². The van der Waals surface area contributed by atoms with Crippen molar-refractivity contribution >= 4 is 5.91 Å². The van der Waals surface area contributed by atoms with Crippen molar-refractivity contribution in [3.05, 3.63) is 22.9 Å². The number of hydrogen-bond acceptors (Lipinski definition) is 5. The minimum Gasteiger partial charge on any atom is -0.481 e. The number of aryl methyl sites for hydroxylation is 2. The molecule has 1 aromatic heterocycles. The first kappa shape index (κ1) is 15.7. The van der Waals surface area contributed by atoms with Gasteiger partial charge in [0.25, 0.3) is 5.91 Å². The van der Waals surface area contributed by atoms with Crippen molar-refractivity contribution in [2.45, 2.75) is 26.5 Å². The fraction of sp³-hybridized carbons (Fsp3) is 0.600. The van der Waals surface area contributed by atoms with Crippen LogP contribution in [0.5, 0.6) is 5.88 Å². The molecule has 6 nitrogen and oxygen atoms in total. The second-order valence-corrected chi connectivity index (χ2v) is 5.41. The van der Waals surface area contributed by atoms with E-state index in [-0.39, 0.29) is 5.91 Å². The summed E-state index contributed by atoms with van der Waals surface area (Å²) in [6.07, 6.45) is -0.409. The Morgan fingerprint density at radius 3 is 3.00 bits per heavy atom. The number of pyridine rings is 1. The van der Waals surface area contributed by atoms with Gasteiger partial charge in [-0.1, -0.05) is 0 Å². The molecule has 6 heteroatoms. The van der Waals surface area contributed by atoms with E-state index in [1.165, 1.54) is 0 Å². The van der Waals surface area contributed by atoms with E-state index in [0.29, 0.717) is 25.6 Å². The molecule has 0 aromatic carbocycles. The Morgan fingerprint density at radius 1 is 1.57 bits per heavy atom. The van der Waals surface area contributed by atoms with Gasteiger partial charge in [0.05, 0.1) is 13.7 Å². The summed E-state index contributed by atoms with van der Waals surface area (Å²) < 4.78 is 10.8. The zero-order valence-electron chi connectivity index (χ0n) is 13.1. The van der Waals surface area contributed by atoms with E-state index < -0.39 is 6.10 Å². The summed E-state index contributed by atoms with van der Waals surface area (Å²) in [7, 11) is 3.58. The van der Waals surface area contributed by atoms with Crippen LogP contribution in [0.15, 0.2) is 6.07 Å². The van der Waals surface area contributed by atoms with Crippen molar-refractivity contribution in [1.29, 1.82) is 0 Å². The van der Waals surface area contributed by atoms with Gasteiger partial charge in [0.1, 0.15) is 6.10 Å². The number of rotatable bonds is 4. The lowest BCUT2D eigenvalue weighted by Gasteiger charge is -2.29. The lowest BCUT2D eigenvalue weighted by Crippen LogP contribution is -2.48. The number of morpholine rings is 1. The third-order valence-electron chi connectivity index (χ3n) is 3.63. The first-order valence-electron chi connectivity index (χ1n) is 7.10. The summed E-state index contributed by atoms with van der Waals surface area (Å²) in [6.45, 7) is 6.37. The molecule has 1 saturated heterocycles. The second kappa shape index (κ2) is 6.87.